The molecule has 2 aromatic heterocycles. The number of amides is 1. The van der Waals surface area contributed by atoms with E-state index in [-0.39, 0.29) is 17.5 Å². The Bertz CT molecular complexity index is 1140. The molecule has 4 atom stereocenters. The fourth-order valence-electron chi connectivity index (χ4n) is 4.54. The van der Waals surface area contributed by atoms with Crippen LogP contribution in [0.4, 0.5) is 4.39 Å². The Balaban J connectivity index is 1.39. The van der Waals surface area contributed by atoms with Crippen LogP contribution in [0.3, 0.4) is 0 Å². The highest BCUT2D eigenvalue weighted by molar-refractivity contribution is 5.83. The highest BCUT2D eigenvalue weighted by Crippen LogP contribution is 2.35. The van der Waals surface area contributed by atoms with Crippen LogP contribution in [0.1, 0.15) is 30.9 Å². The molecule has 2 N–H and O–H groups in total. The molecule has 2 bridgehead atoms. The lowest BCUT2D eigenvalue weighted by molar-refractivity contribution is -0.124. The molecule has 3 aromatic rings. The van der Waals surface area contributed by atoms with E-state index in [2.05, 4.69) is 20.6 Å². The average Bonchev–Trinajstić information content (AvgIpc) is 3.47. The van der Waals surface area contributed by atoms with Crippen molar-refractivity contribution >= 4 is 11.6 Å². The van der Waals surface area contributed by atoms with E-state index in [4.69, 9.17) is 0 Å². The molecule has 1 aromatic carbocycles. The molecule has 3 unspecified atom stereocenters. The number of piperidine rings is 1. The van der Waals surface area contributed by atoms with Crippen LogP contribution in [-0.2, 0) is 4.79 Å². The first-order chi connectivity index (χ1) is 14.1. The van der Waals surface area contributed by atoms with Gasteiger partial charge in [0.25, 0.3) is 0 Å². The summed E-state index contributed by atoms with van der Waals surface area (Å²) >= 11 is 0. The number of nitrogens with zero attached hydrogens (tertiary/aromatic N) is 4. The number of hydrogen-bond acceptors (Lipinski definition) is 5. The normalized spacial score (nSPS) is 23.8. The fraction of sp³-hybridized carbons (Fsp3) is 0.333. The smallest absolute Gasteiger partial charge is 0.238 e. The summed E-state index contributed by atoms with van der Waals surface area (Å²) in [5.74, 6) is -0.475. The van der Waals surface area contributed by atoms with Crippen molar-refractivity contribution in [3.8, 4) is 17.3 Å². The SMILES string of the molecule is N#CC(NC(=O)[C@H]1NC2CCC1C2)c1ccc(-c2cnc3cnccn23)cc1F. The molecular weight excluding hydrogens is 371 g/mol. The van der Waals surface area contributed by atoms with Crippen molar-refractivity contribution in [2.75, 3.05) is 0 Å². The molecule has 1 amide bonds. The highest BCUT2D eigenvalue weighted by Gasteiger charge is 2.43. The lowest BCUT2D eigenvalue weighted by atomic mass is 9.98. The topological polar surface area (TPSA) is 95.1 Å². The Morgan fingerprint density at radius 1 is 1.38 bits per heavy atom. The molecule has 29 heavy (non-hydrogen) atoms. The van der Waals surface area contributed by atoms with Gasteiger partial charge in [0, 0.05) is 29.6 Å². The lowest BCUT2D eigenvalue weighted by Gasteiger charge is -2.24. The van der Waals surface area contributed by atoms with Crippen molar-refractivity contribution in [2.24, 2.45) is 5.92 Å². The van der Waals surface area contributed by atoms with Gasteiger partial charge in [-0.25, -0.2) is 9.37 Å². The van der Waals surface area contributed by atoms with Crippen molar-refractivity contribution in [3.05, 3.63) is 54.4 Å². The number of benzene rings is 1. The standard InChI is InChI=1S/C21H19FN6O/c22-16-8-12(18-10-25-19-11-24-5-6-28(18)19)2-4-15(16)17(9-23)27-21(29)20-13-1-3-14(7-13)26-20/h2,4-6,8,10-11,13-14,17,20,26H,1,3,7H2,(H,27,29)/t13?,14?,17?,20-/m0/s1. The summed E-state index contributed by atoms with van der Waals surface area (Å²) in [6, 6.07) is 5.71. The quantitative estimate of drug-likeness (QED) is 0.713. The maximum Gasteiger partial charge on any atom is 0.238 e. The summed E-state index contributed by atoms with van der Waals surface area (Å²) in [6.45, 7) is 0. The molecule has 2 fully saturated rings. The molecule has 1 saturated heterocycles. The number of carbonyl (C=O) groups is 1. The molecular formula is C21H19FN6O. The molecule has 1 saturated carbocycles. The van der Waals surface area contributed by atoms with Gasteiger partial charge in [0.1, 0.15) is 11.9 Å². The second kappa shape index (κ2) is 6.94. The van der Waals surface area contributed by atoms with Crippen LogP contribution in [0.5, 0.6) is 0 Å². The Labute approximate surface area is 166 Å². The van der Waals surface area contributed by atoms with E-state index in [1.165, 1.54) is 6.07 Å². The first kappa shape index (κ1) is 17.8. The van der Waals surface area contributed by atoms with E-state index in [1.807, 2.05) is 10.5 Å². The van der Waals surface area contributed by atoms with Gasteiger partial charge in [0.2, 0.25) is 5.91 Å². The van der Waals surface area contributed by atoms with Gasteiger partial charge in [-0.2, -0.15) is 5.26 Å². The zero-order valence-corrected chi connectivity index (χ0v) is 15.5. The van der Waals surface area contributed by atoms with Gasteiger partial charge in [-0.3, -0.25) is 14.2 Å². The first-order valence-corrected chi connectivity index (χ1v) is 9.67. The molecule has 1 aliphatic carbocycles. The van der Waals surface area contributed by atoms with Gasteiger partial charge in [0.05, 0.1) is 30.2 Å². The van der Waals surface area contributed by atoms with Crippen molar-refractivity contribution in [3.63, 3.8) is 0 Å². The minimum absolute atomic E-state index is 0.156. The predicted molar refractivity (Wildman–Crippen MR) is 103 cm³/mol. The predicted octanol–water partition coefficient (Wildman–Crippen LogP) is 2.36. The molecule has 8 heteroatoms. The van der Waals surface area contributed by atoms with E-state index >= 15 is 0 Å². The molecule has 5 rings (SSSR count). The van der Waals surface area contributed by atoms with Gasteiger partial charge < -0.3 is 10.6 Å². The molecule has 2 aliphatic rings. The molecule has 1 aliphatic heterocycles. The van der Waals surface area contributed by atoms with Crippen molar-refractivity contribution in [1.29, 1.82) is 5.26 Å². The molecule has 146 valence electrons. The summed E-state index contributed by atoms with van der Waals surface area (Å²) < 4.78 is 16.7. The number of halogens is 1. The second-order valence-electron chi connectivity index (χ2n) is 7.67. The van der Waals surface area contributed by atoms with E-state index in [1.54, 1.807) is 36.9 Å². The average molecular weight is 390 g/mol. The third-order valence-corrected chi connectivity index (χ3v) is 5.98. The molecule has 0 spiro atoms. The van der Waals surface area contributed by atoms with E-state index in [0.29, 0.717) is 23.2 Å². The first-order valence-electron chi connectivity index (χ1n) is 9.67. The minimum atomic E-state index is -1.04. The van der Waals surface area contributed by atoms with Crippen molar-refractivity contribution < 1.29 is 9.18 Å². The van der Waals surface area contributed by atoms with Gasteiger partial charge in [-0.05, 0) is 31.2 Å². The zero-order valence-electron chi connectivity index (χ0n) is 15.5. The fourth-order valence-corrected chi connectivity index (χ4v) is 4.54. The number of nitrogens with one attached hydrogen (secondary N) is 2. The summed E-state index contributed by atoms with van der Waals surface area (Å²) in [6.07, 6.45) is 9.76. The minimum Gasteiger partial charge on any atom is -0.335 e. The van der Waals surface area contributed by atoms with E-state index < -0.39 is 11.9 Å². The summed E-state index contributed by atoms with van der Waals surface area (Å²) in [5.41, 5.74) is 2.16. The number of imidazole rings is 1. The van der Waals surface area contributed by atoms with Crippen LogP contribution in [0.2, 0.25) is 0 Å². The Morgan fingerprint density at radius 3 is 3.00 bits per heavy atom. The maximum absolute atomic E-state index is 14.9. The molecule has 3 heterocycles. The summed E-state index contributed by atoms with van der Waals surface area (Å²) in [5, 5.41) is 15.6. The van der Waals surface area contributed by atoms with E-state index in [0.717, 1.165) is 25.0 Å². The Kier molecular flexibility index (Phi) is 4.25. The molecule has 7 nitrogen and oxygen atoms in total. The number of aromatic nitrogens is 3. The number of nitriles is 1. The largest absolute Gasteiger partial charge is 0.335 e. The van der Waals surface area contributed by atoms with Gasteiger partial charge in [-0.1, -0.05) is 12.1 Å². The van der Waals surface area contributed by atoms with Crippen molar-refractivity contribution in [1.82, 2.24) is 25.0 Å². The maximum atomic E-state index is 14.9. The van der Waals surface area contributed by atoms with Crippen LogP contribution in [0.15, 0.2) is 43.0 Å². The van der Waals surface area contributed by atoms with Crippen molar-refractivity contribution in [2.45, 2.75) is 37.4 Å². The third-order valence-electron chi connectivity index (χ3n) is 5.98. The van der Waals surface area contributed by atoms with Gasteiger partial charge >= 0.3 is 0 Å². The van der Waals surface area contributed by atoms with Crippen LogP contribution in [0.25, 0.3) is 16.9 Å². The van der Waals surface area contributed by atoms with E-state index in [9.17, 15) is 14.4 Å². The number of carbonyl (C=O) groups excluding carboxylic acids is 1. The molecule has 0 radical (unpaired) electrons. The van der Waals surface area contributed by atoms with Crippen LogP contribution in [-0.4, -0.2) is 32.4 Å². The number of fused-ring (bicyclic) bond motifs is 3. The second-order valence-corrected chi connectivity index (χ2v) is 7.67. The monoisotopic (exact) mass is 390 g/mol. The van der Waals surface area contributed by atoms with Crippen LogP contribution >= 0.6 is 0 Å². The summed E-state index contributed by atoms with van der Waals surface area (Å²) in [7, 11) is 0. The lowest BCUT2D eigenvalue weighted by Crippen LogP contribution is -2.48. The third kappa shape index (κ3) is 3.04. The van der Waals surface area contributed by atoms with Crippen LogP contribution in [0, 0.1) is 23.1 Å². The Hall–Kier alpha value is -3.31. The van der Waals surface area contributed by atoms with Gasteiger partial charge in [-0.15, -0.1) is 0 Å². The zero-order chi connectivity index (χ0) is 20.0. The number of rotatable bonds is 4. The highest BCUT2D eigenvalue weighted by atomic mass is 19.1. The Morgan fingerprint density at radius 2 is 2.28 bits per heavy atom. The van der Waals surface area contributed by atoms with Crippen LogP contribution < -0.4 is 10.6 Å². The number of hydrogen-bond donors (Lipinski definition) is 2. The summed E-state index contributed by atoms with van der Waals surface area (Å²) in [4.78, 5) is 20.9. The van der Waals surface area contributed by atoms with Gasteiger partial charge in [0.15, 0.2) is 5.65 Å².